The van der Waals surface area contributed by atoms with Crippen LogP contribution in [0.1, 0.15) is 5.56 Å². The van der Waals surface area contributed by atoms with Gasteiger partial charge in [-0.3, -0.25) is 9.59 Å². The van der Waals surface area contributed by atoms with Crippen molar-refractivity contribution in [2.45, 2.75) is 0 Å². The van der Waals surface area contributed by atoms with E-state index in [9.17, 15) is 9.59 Å². The summed E-state index contributed by atoms with van der Waals surface area (Å²) in [6, 6.07) is 23.2. The number of methoxy groups -OCH3 is 2. The molecule has 3 aromatic carbocycles. The molecule has 30 heavy (non-hydrogen) atoms. The summed E-state index contributed by atoms with van der Waals surface area (Å²) in [6.07, 6.45) is 0. The maximum absolute atomic E-state index is 13.4. The van der Waals surface area contributed by atoms with Crippen LogP contribution < -0.4 is 19.7 Å². The molecule has 1 heterocycles. The van der Waals surface area contributed by atoms with Crippen molar-refractivity contribution in [3.8, 4) is 11.5 Å². The largest absolute Gasteiger partial charge is 0.497 e. The normalized spacial score (nSPS) is 13.6. The number of ether oxygens (including phenoxy) is 2. The molecule has 0 aromatic heterocycles. The van der Waals surface area contributed by atoms with Gasteiger partial charge in [0.25, 0.3) is 11.8 Å². The molecule has 1 aliphatic heterocycles. The maximum atomic E-state index is 13.4. The molecule has 0 spiro atoms. The molecular weight excluding hydrogens is 380 g/mol. The number of nitrogens with one attached hydrogen (secondary N) is 1. The molecule has 0 aliphatic carbocycles. The highest BCUT2D eigenvalue weighted by atomic mass is 16.5. The van der Waals surface area contributed by atoms with Crippen LogP contribution in [-0.4, -0.2) is 26.0 Å². The second-order valence-corrected chi connectivity index (χ2v) is 6.59. The van der Waals surface area contributed by atoms with E-state index in [-0.39, 0.29) is 5.70 Å². The fourth-order valence-electron chi connectivity index (χ4n) is 3.38. The number of imide groups is 1. The fourth-order valence-corrected chi connectivity index (χ4v) is 3.38. The zero-order chi connectivity index (χ0) is 21.1. The summed E-state index contributed by atoms with van der Waals surface area (Å²) in [4.78, 5) is 28.0. The van der Waals surface area contributed by atoms with Crippen LogP contribution in [0.5, 0.6) is 11.5 Å². The SMILES string of the molecule is COc1cccc(N2C(=O)C(Nc3ccccc3OC)=C(c3ccccc3)C2=O)c1. The minimum absolute atomic E-state index is 0.193. The molecule has 6 heteroatoms. The van der Waals surface area contributed by atoms with Gasteiger partial charge in [-0.2, -0.15) is 0 Å². The van der Waals surface area contributed by atoms with E-state index in [1.54, 1.807) is 55.6 Å². The van der Waals surface area contributed by atoms with Gasteiger partial charge in [0.1, 0.15) is 17.2 Å². The summed E-state index contributed by atoms with van der Waals surface area (Å²) in [5, 5.41) is 3.13. The Hall–Kier alpha value is -4.06. The average molecular weight is 400 g/mol. The van der Waals surface area contributed by atoms with Gasteiger partial charge < -0.3 is 14.8 Å². The van der Waals surface area contributed by atoms with E-state index in [1.165, 1.54) is 7.11 Å². The molecule has 1 aliphatic rings. The molecule has 0 unspecified atom stereocenters. The van der Waals surface area contributed by atoms with Crippen molar-refractivity contribution in [3.05, 3.63) is 90.1 Å². The summed E-state index contributed by atoms with van der Waals surface area (Å²) in [5.74, 6) is 0.271. The maximum Gasteiger partial charge on any atom is 0.282 e. The number of rotatable bonds is 6. The van der Waals surface area contributed by atoms with Crippen LogP contribution in [0.15, 0.2) is 84.6 Å². The topological polar surface area (TPSA) is 67.9 Å². The lowest BCUT2D eigenvalue weighted by molar-refractivity contribution is -0.120. The van der Waals surface area contributed by atoms with Crippen molar-refractivity contribution in [2.24, 2.45) is 0 Å². The van der Waals surface area contributed by atoms with Crippen molar-refractivity contribution >= 4 is 28.8 Å². The second-order valence-electron chi connectivity index (χ2n) is 6.59. The molecule has 0 saturated heterocycles. The zero-order valence-electron chi connectivity index (χ0n) is 16.6. The quantitative estimate of drug-likeness (QED) is 0.631. The van der Waals surface area contributed by atoms with Gasteiger partial charge in [-0.1, -0.05) is 48.5 Å². The van der Waals surface area contributed by atoms with Crippen LogP contribution in [0.3, 0.4) is 0 Å². The van der Waals surface area contributed by atoms with Crippen molar-refractivity contribution < 1.29 is 19.1 Å². The van der Waals surface area contributed by atoms with E-state index in [0.717, 1.165) is 4.90 Å². The molecule has 0 atom stereocenters. The number of amides is 2. The number of hydrogen-bond donors (Lipinski definition) is 1. The lowest BCUT2D eigenvalue weighted by Gasteiger charge is -2.16. The van der Waals surface area contributed by atoms with Crippen molar-refractivity contribution in [2.75, 3.05) is 24.4 Å². The van der Waals surface area contributed by atoms with Crippen molar-refractivity contribution in [3.63, 3.8) is 0 Å². The Bertz CT molecular complexity index is 1140. The number of nitrogens with zero attached hydrogens (tertiary/aromatic N) is 1. The van der Waals surface area contributed by atoms with E-state index >= 15 is 0 Å². The Morgan fingerprint density at radius 2 is 1.50 bits per heavy atom. The molecule has 0 radical (unpaired) electrons. The first kappa shape index (κ1) is 19.3. The van der Waals surface area contributed by atoms with E-state index in [0.29, 0.717) is 34.0 Å². The third-order valence-electron chi connectivity index (χ3n) is 4.82. The Morgan fingerprint density at radius 3 is 2.23 bits per heavy atom. The van der Waals surface area contributed by atoms with Crippen LogP contribution in [0, 0.1) is 0 Å². The van der Waals surface area contributed by atoms with E-state index in [1.807, 2.05) is 30.3 Å². The average Bonchev–Trinajstić information content (AvgIpc) is 3.04. The Morgan fingerprint density at radius 1 is 0.767 bits per heavy atom. The van der Waals surface area contributed by atoms with Crippen LogP contribution in [0.4, 0.5) is 11.4 Å². The Balaban J connectivity index is 1.83. The Labute approximate surface area is 174 Å². The zero-order valence-corrected chi connectivity index (χ0v) is 16.6. The van der Waals surface area contributed by atoms with Gasteiger partial charge in [0.2, 0.25) is 0 Å². The van der Waals surface area contributed by atoms with Gasteiger partial charge in [0.15, 0.2) is 0 Å². The van der Waals surface area contributed by atoms with Gasteiger partial charge in [0, 0.05) is 6.07 Å². The first-order valence-electron chi connectivity index (χ1n) is 9.36. The molecule has 150 valence electrons. The molecular formula is C24H20N2O4. The summed E-state index contributed by atoms with van der Waals surface area (Å²) in [5.41, 5.74) is 2.18. The van der Waals surface area contributed by atoms with Crippen molar-refractivity contribution in [1.29, 1.82) is 0 Å². The van der Waals surface area contributed by atoms with Crippen LogP contribution in [0.2, 0.25) is 0 Å². The number of hydrogen-bond acceptors (Lipinski definition) is 5. The summed E-state index contributed by atoms with van der Waals surface area (Å²) < 4.78 is 10.6. The molecule has 0 bridgehead atoms. The monoisotopic (exact) mass is 400 g/mol. The second kappa shape index (κ2) is 8.13. The first-order valence-corrected chi connectivity index (χ1v) is 9.36. The van der Waals surface area contributed by atoms with Gasteiger partial charge >= 0.3 is 0 Å². The number of carbonyl (C=O) groups is 2. The van der Waals surface area contributed by atoms with Crippen LogP contribution in [0.25, 0.3) is 5.57 Å². The number of anilines is 2. The van der Waals surface area contributed by atoms with Gasteiger partial charge in [-0.15, -0.1) is 0 Å². The third-order valence-corrected chi connectivity index (χ3v) is 4.82. The number of para-hydroxylation sites is 2. The highest BCUT2D eigenvalue weighted by Gasteiger charge is 2.40. The van der Waals surface area contributed by atoms with E-state index in [2.05, 4.69) is 5.32 Å². The van der Waals surface area contributed by atoms with E-state index < -0.39 is 11.8 Å². The predicted molar refractivity (Wildman–Crippen MR) is 115 cm³/mol. The molecule has 3 aromatic rings. The smallest absolute Gasteiger partial charge is 0.282 e. The number of carbonyl (C=O) groups excluding carboxylic acids is 2. The van der Waals surface area contributed by atoms with Gasteiger partial charge in [-0.05, 0) is 29.8 Å². The number of benzene rings is 3. The summed E-state index contributed by atoms with van der Waals surface area (Å²) in [6.45, 7) is 0. The van der Waals surface area contributed by atoms with E-state index in [4.69, 9.17) is 9.47 Å². The fraction of sp³-hybridized carbons (Fsp3) is 0.0833. The molecule has 4 rings (SSSR count). The predicted octanol–water partition coefficient (Wildman–Crippen LogP) is 4.10. The minimum Gasteiger partial charge on any atom is -0.497 e. The lowest BCUT2D eigenvalue weighted by Crippen LogP contribution is -2.32. The molecule has 0 fully saturated rings. The minimum atomic E-state index is -0.446. The molecule has 6 nitrogen and oxygen atoms in total. The highest BCUT2D eigenvalue weighted by molar-refractivity contribution is 6.46. The van der Waals surface area contributed by atoms with Crippen LogP contribution in [-0.2, 0) is 9.59 Å². The highest BCUT2D eigenvalue weighted by Crippen LogP contribution is 2.36. The van der Waals surface area contributed by atoms with Gasteiger partial charge in [-0.25, -0.2) is 4.90 Å². The third kappa shape index (κ3) is 3.39. The first-order chi connectivity index (χ1) is 14.6. The van der Waals surface area contributed by atoms with Crippen LogP contribution >= 0.6 is 0 Å². The lowest BCUT2D eigenvalue weighted by atomic mass is 10.0. The van der Waals surface area contributed by atoms with Gasteiger partial charge in [0.05, 0.1) is 31.2 Å². The van der Waals surface area contributed by atoms with Crippen molar-refractivity contribution in [1.82, 2.24) is 0 Å². The summed E-state index contributed by atoms with van der Waals surface area (Å²) in [7, 11) is 3.09. The Kier molecular flexibility index (Phi) is 5.22. The molecule has 2 amide bonds. The molecule has 0 saturated carbocycles. The standard InChI is InChI=1S/C24H20N2O4/c1-29-18-12-8-11-17(15-18)26-23(27)21(16-9-4-3-5-10-16)22(24(26)28)25-19-13-6-7-14-20(19)30-2/h3-15,25H,1-2H3. The molecule has 1 N–H and O–H groups in total. The summed E-state index contributed by atoms with van der Waals surface area (Å²) >= 11 is 0.